The zero-order valence-corrected chi connectivity index (χ0v) is 13.3. The molecule has 1 atom stereocenters. The van der Waals surface area contributed by atoms with E-state index in [1.807, 2.05) is 12.1 Å². The zero-order valence-electron chi connectivity index (χ0n) is 12.5. The Kier molecular flexibility index (Phi) is 6.80. The van der Waals surface area contributed by atoms with Crippen molar-refractivity contribution in [3.63, 3.8) is 0 Å². The van der Waals surface area contributed by atoms with Gasteiger partial charge >= 0.3 is 0 Å². The number of likely N-dealkylation sites (N-methyl/N-ethyl adjacent to an activating group) is 1. The predicted octanol–water partition coefficient (Wildman–Crippen LogP) is 3.41. The van der Waals surface area contributed by atoms with E-state index < -0.39 is 0 Å². The molecule has 0 amide bonds. The summed E-state index contributed by atoms with van der Waals surface area (Å²) in [6, 6.07) is 20.8. The van der Waals surface area contributed by atoms with Crippen LogP contribution in [0.1, 0.15) is 11.1 Å². The van der Waals surface area contributed by atoms with E-state index in [-0.39, 0.29) is 6.10 Å². The molecule has 0 bridgehead atoms. The van der Waals surface area contributed by atoms with E-state index in [9.17, 15) is 5.11 Å². The molecule has 0 saturated heterocycles. The van der Waals surface area contributed by atoms with Crippen LogP contribution in [-0.4, -0.2) is 35.5 Å². The normalized spacial score (nSPS) is 12.5. The molecule has 0 heterocycles. The minimum atomic E-state index is -0.285. The van der Waals surface area contributed by atoms with Crippen molar-refractivity contribution in [2.24, 2.45) is 0 Å². The van der Waals surface area contributed by atoms with E-state index in [0.717, 1.165) is 18.1 Å². The molecule has 0 fully saturated rings. The maximum Gasteiger partial charge on any atom is 0.0757 e. The molecule has 2 nitrogen and oxygen atoms in total. The molecule has 3 heteroatoms. The SMILES string of the molecule is CN(Cc1ccccc1)C[C@H](O)CSCc1ccccc1. The first-order valence-corrected chi connectivity index (χ1v) is 8.41. The summed E-state index contributed by atoms with van der Waals surface area (Å²) in [5.41, 5.74) is 2.59. The van der Waals surface area contributed by atoms with Gasteiger partial charge in [-0.1, -0.05) is 60.7 Å². The summed E-state index contributed by atoms with van der Waals surface area (Å²) in [6.45, 7) is 1.58. The maximum atomic E-state index is 10.1. The third-order valence-corrected chi connectivity index (χ3v) is 4.40. The van der Waals surface area contributed by atoms with E-state index >= 15 is 0 Å². The summed E-state index contributed by atoms with van der Waals surface area (Å²) >= 11 is 1.79. The van der Waals surface area contributed by atoms with Crippen LogP contribution in [0.5, 0.6) is 0 Å². The third-order valence-electron chi connectivity index (χ3n) is 3.24. The predicted molar refractivity (Wildman–Crippen MR) is 91.4 cm³/mol. The van der Waals surface area contributed by atoms with Gasteiger partial charge in [-0.05, 0) is 18.2 Å². The van der Waals surface area contributed by atoms with E-state index in [1.54, 1.807) is 11.8 Å². The van der Waals surface area contributed by atoms with Crippen molar-refractivity contribution in [3.05, 3.63) is 71.8 Å². The third kappa shape index (κ3) is 6.34. The van der Waals surface area contributed by atoms with Gasteiger partial charge in [-0.2, -0.15) is 11.8 Å². The molecule has 112 valence electrons. The standard InChI is InChI=1S/C18H23NOS/c1-19(12-16-8-4-2-5-9-16)13-18(20)15-21-14-17-10-6-3-7-11-17/h2-11,18,20H,12-15H2,1H3/t18-/m0/s1. The number of benzene rings is 2. The molecule has 2 rings (SSSR count). The summed E-state index contributed by atoms with van der Waals surface area (Å²) < 4.78 is 0. The van der Waals surface area contributed by atoms with Gasteiger partial charge in [0.05, 0.1) is 6.10 Å². The van der Waals surface area contributed by atoms with Crippen molar-refractivity contribution in [3.8, 4) is 0 Å². The summed E-state index contributed by atoms with van der Waals surface area (Å²) in [5, 5.41) is 10.1. The lowest BCUT2D eigenvalue weighted by atomic mass is 10.2. The van der Waals surface area contributed by atoms with Crippen molar-refractivity contribution in [2.75, 3.05) is 19.3 Å². The number of hydrogen-bond acceptors (Lipinski definition) is 3. The van der Waals surface area contributed by atoms with Gasteiger partial charge in [0.15, 0.2) is 0 Å². The highest BCUT2D eigenvalue weighted by molar-refractivity contribution is 7.98. The van der Waals surface area contributed by atoms with Crippen molar-refractivity contribution in [1.29, 1.82) is 0 Å². The monoisotopic (exact) mass is 301 g/mol. The minimum absolute atomic E-state index is 0.285. The largest absolute Gasteiger partial charge is 0.391 e. The average Bonchev–Trinajstić information content (AvgIpc) is 2.49. The lowest BCUT2D eigenvalue weighted by molar-refractivity contribution is 0.142. The quantitative estimate of drug-likeness (QED) is 0.808. The highest BCUT2D eigenvalue weighted by Gasteiger charge is 2.08. The smallest absolute Gasteiger partial charge is 0.0757 e. The molecule has 2 aromatic rings. The van der Waals surface area contributed by atoms with Gasteiger partial charge in [0.1, 0.15) is 0 Å². The van der Waals surface area contributed by atoms with Crippen LogP contribution in [0.3, 0.4) is 0 Å². The molecular weight excluding hydrogens is 278 g/mol. The van der Waals surface area contributed by atoms with Crippen LogP contribution in [-0.2, 0) is 12.3 Å². The Morgan fingerprint density at radius 1 is 0.952 bits per heavy atom. The molecule has 0 aromatic heterocycles. The topological polar surface area (TPSA) is 23.5 Å². The van der Waals surface area contributed by atoms with Crippen molar-refractivity contribution in [2.45, 2.75) is 18.4 Å². The molecule has 0 radical (unpaired) electrons. The zero-order chi connectivity index (χ0) is 14.9. The lowest BCUT2D eigenvalue weighted by Gasteiger charge is -2.20. The molecule has 0 spiro atoms. The number of aliphatic hydroxyl groups excluding tert-OH is 1. The number of rotatable bonds is 8. The Bertz CT molecular complexity index is 503. The second-order valence-electron chi connectivity index (χ2n) is 5.34. The average molecular weight is 301 g/mol. The van der Waals surface area contributed by atoms with Gasteiger partial charge in [0.2, 0.25) is 0 Å². The molecular formula is C18H23NOS. The van der Waals surface area contributed by atoms with Gasteiger partial charge in [-0.15, -0.1) is 0 Å². The Hall–Kier alpha value is -1.29. The van der Waals surface area contributed by atoms with Gasteiger partial charge in [0.25, 0.3) is 0 Å². The minimum Gasteiger partial charge on any atom is -0.391 e. The fourth-order valence-corrected chi connectivity index (χ4v) is 3.18. The second kappa shape index (κ2) is 8.88. The van der Waals surface area contributed by atoms with Gasteiger partial charge in [-0.3, -0.25) is 4.90 Å². The van der Waals surface area contributed by atoms with Crippen molar-refractivity contribution >= 4 is 11.8 Å². The Labute approximate surface area is 131 Å². The highest BCUT2D eigenvalue weighted by Crippen LogP contribution is 2.13. The van der Waals surface area contributed by atoms with Crippen LogP contribution in [0.15, 0.2) is 60.7 Å². The van der Waals surface area contributed by atoms with Crippen LogP contribution in [0, 0.1) is 0 Å². The number of thioether (sulfide) groups is 1. The molecule has 2 aromatic carbocycles. The van der Waals surface area contributed by atoms with Gasteiger partial charge in [-0.25, -0.2) is 0 Å². The number of nitrogens with zero attached hydrogens (tertiary/aromatic N) is 1. The van der Waals surface area contributed by atoms with Gasteiger partial charge < -0.3 is 5.11 Å². The summed E-state index contributed by atoms with van der Waals surface area (Å²) in [5.74, 6) is 1.73. The second-order valence-corrected chi connectivity index (χ2v) is 6.37. The molecule has 0 aliphatic rings. The van der Waals surface area contributed by atoms with Crippen LogP contribution in [0.2, 0.25) is 0 Å². The Morgan fingerprint density at radius 3 is 2.14 bits per heavy atom. The van der Waals surface area contributed by atoms with Crippen LogP contribution < -0.4 is 0 Å². The first-order valence-electron chi connectivity index (χ1n) is 7.26. The Balaban J connectivity index is 1.66. The van der Waals surface area contributed by atoms with E-state index in [0.29, 0.717) is 6.54 Å². The number of aliphatic hydroxyl groups is 1. The first-order chi connectivity index (χ1) is 10.2. The number of hydrogen-bond donors (Lipinski definition) is 1. The maximum absolute atomic E-state index is 10.1. The van der Waals surface area contributed by atoms with E-state index in [4.69, 9.17) is 0 Å². The summed E-state index contributed by atoms with van der Waals surface area (Å²) in [4.78, 5) is 2.17. The Morgan fingerprint density at radius 2 is 1.52 bits per heavy atom. The van der Waals surface area contributed by atoms with E-state index in [1.165, 1.54) is 11.1 Å². The van der Waals surface area contributed by atoms with Crippen molar-refractivity contribution < 1.29 is 5.11 Å². The lowest BCUT2D eigenvalue weighted by Crippen LogP contribution is -2.30. The highest BCUT2D eigenvalue weighted by atomic mass is 32.2. The molecule has 21 heavy (non-hydrogen) atoms. The first kappa shape index (κ1) is 16.1. The fraction of sp³-hybridized carbons (Fsp3) is 0.333. The summed E-state index contributed by atoms with van der Waals surface area (Å²) in [6.07, 6.45) is -0.285. The molecule has 0 aliphatic carbocycles. The van der Waals surface area contributed by atoms with Crippen LogP contribution in [0.4, 0.5) is 0 Å². The van der Waals surface area contributed by atoms with Crippen LogP contribution >= 0.6 is 11.8 Å². The van der Waals surface area contributed by atoms with Crippen molar-refractivity contribution in [1.82, 2.24) is 4.90 Å². The molecule has 0 saturated carbocycles. The molecule has 0 unspecified atom stereocenters. The van der Waals surface area contributed by atoms with Crippen LogP contribution in [0.25, 0.3) is 0 Å². The molecule has 1 N–H and O–H groups in total. The molecule has 0 aliphatic heterocycles. The summed E-state index contributed by atoms with van der Waals surface area (Å²) in [7, 11) is 2.05. The van der Waals surface area contributed by atoms with E-state index in [2.05, 4.69) is 60.5 Å². The fourth-order valence-electron chi connectivity index (χ4n) is 2.26. The van der Waals surface area contributed by atoms with Gasteiger partial charge in [0, 0.05) is 24.6 Å².